The minimum Gasteiger partial charge on any atom is -0.381 e. The molecule has 2 aliphatic rings. The van der Waals surface area contributed by atoms with Crippen LogP contribution in [-0.4, -0.2) is 43.9 Å². The molecule has 1 aliphatic heterocycles. The van der Waals surface area contributed by atoms with Crippen LogP contribution in [0.4, 0.5) is 4.39 Å². The number of likely N-dealkylation sites (tertiary alicyclic amines) is 1. The number of rotatable bonds is 6. The van der Waals surface area contributed by atoms with Gasteiger partial charge in [0.25, 0.3) is 0 Å². The zero-order valence-corrected chi connectivity index (χ0v) is 11.0. The molecule has 1 aliphatic carbocycles. The minimum absolute atomic E-state index is 0.0397. The number of hydrogen-bond acceptors (Lipinski definition) is 2. The maximum Gasteiger partial charge on any atom is 0.120 e. The van der Waals surface area contributed by atoms with Crippen LogP contribution in [0, 0.1) is 11.3 Å². The van der Waals surface area contributed by atoms with Crippen LogP contribution in [0.1, 0.15) is 26.7 Å². The number of hydrogen-bond donors (Lipinski definition) is 0. The fraction of sp³-hybridized carbons (Fsp3) is 0.857. The Morgan fingerprint density at radius 2 is 2.18 bits per heavy atom. The van der Waals surface area contributed by atoms with Gasteiger partial charge in [0.15, 0.2) is 0 Å². The molecule has 0 aromatic rings. The molecule has 2 fully saturated rings. The van der Waals surface area contributed by atoms with Crippen molar-refractivity contribution in [3.63, 3.8) is 0 Å². The third kappa shape index (κ3) is 3.08. The Balaban J connectivity index is 1.83. The lowest BCUT2D eigenvalue weighted by Crippen LogP contribution is -2.31. The molecule has 0 aromatic carbocycles. The van der Waals surface area contributed by atoms with Gasteiger partial charge in [0.1, 0.15) is 6.17 Å². The molecule has 17 heavy (non-hydrogen) atoms. The maximum absolute atomic E-state index is 13.8. The summed E-state index contributed by atoms with van der Waals surface area (Å²) in [7, 11) is 0. The van der Waals surface area contributed by atoms with Crippen LogP contribution >= 0.6 is 0 Å². The Labute approximate surface area is 104 Å². The highest BCUT2D eigenvalue weighted by molar-refractivity contribution is 5.06. The van der Waals surface area contributed by atoms with Gasteiger partial charge in [-0.3, -0.25) is 4.90 Å². The van der Waals surface area contributed by atoms with Crippen molar-refractivity contribution in [2.45, 2.75) is 32.9 Å². The second-order valence-corrected chi connectivity index (χ2v) is 5.80. The van der Waals surface area contributed by atoms with E-state index in [4.69, 9.17) is 4.74 Å². The van der Waals surface area contributed by atoms with Gasteiger partial charge in [-0.2, -0.15) is 0 Å². The summed E-state index contributed by atoms with van der Waals surface area (Å²) >= 11 is 0. The highest BCUT2D eigenvalue weighted by Crippen LogP contribution is 2.47. The molecule has 3 heteroatoms. The predicted molar refractivity (Wildman–Crippen MR) is 67.8 cm³/mol. The molecular formula is C14H24FNO. The lowest BCUT2D eigenvalue weighted by molar-refractivity contribution is 0.0819. The van der Waals surface area contributed by atoms with E-state index < -0.39 is 6.17 Å². The van der Waals surface area contributed by atoms with E-state index in [0.29, 0.717) is 12.0 Å². The average Bonchev–Trinajstić information content (AvgIpc) is 2.92. The molecule has 1 saturated heterocycles. The van der Waals surface area contributed by atoms with Gasteiger partial charge in [-0.25, -0.2) is 4.39 Å². The van der Waals surface area contributed by atoms with E-state index in [1.165, 1.54) is 12.8 Å². The highest BCUT2D eigenvalue weighted by atomic mass is 19.1. The van der Waals surface area contributed by atoms with E-state index >= 15 is 0 Å². The SMILES string of the molecule is C=C(C)C1CN(CC2(COCC)CC2)CC1F. The molecule has 2 nitrogen and oxygen atoms in total. The van der Waals surface area contributed by atoms with Crippen molar-refractivity contribution in [1.29, 1.82) is 0 Å². The fourth-order valence-corrected chi connectivity index (χ4v) is 2.75. The molecule has 98 valence electrons. The number of halogens is 1. The summed E-state index contributed by atoms with van der Waals surface area (Å²) in [6, 6.07) is 0. The summed E-state index contributed by atoms with van der Waals surface area (Å²) in [4.78, 5) is 2.26. The summed E-state index contributed by atoms with van der Waals surface area (Å²) in [6.07, 6.45) is 1.74. The smallest absolute Gasteiger partial charge is 0.120 e. The topological polar surface area (TPSA) is 12.5 Å². The van der Waals surface area contributed by atoms with Gasteiger partial charge < -0.3 is 4.74 Å². The molecule has 2 atom stereocenters. The summed E-state index contributed by atoms with van der Waals surface area (Å²) in [5.41, 5.74) is 1.31. The molecule has 0 amide bonds. The van der Waals surface area contributed by atoms with Crippen molar-refractivity contribution in [1.82, 2.24) is 4.90 Å². The van der Waals surface area contributed by atoms with Crippen molar-refractivity contribution in [2.75, 3.05) is 32.8 Å². The Kier molecular flexibility index (Phi) is 3.88. The third-order valence-electron chi connectivity index (χ3n) is 4.09. The fourth-order valence-electron chi connectivity index (χ4n) is 2.75. The Hall–Kier alpha value is -0.410. The first-order valence-electron chi connectivity index (χ1n) is 6.66. The zero-order valence-electron chi connectivity index (χ0n) is 11.0. The second kappa shape index (κ2) is 5.07. The van der Waals surface area contributed by atoms with Crippen molar-refractivity contribution >= 4 is 0 Å². The first-order valence-corrected chi connectivity index (χ1v) is 6.66. The zero-order chi connectivity index (χ0) is 12.5. The highest BCUT2D eigenvalue weighted by Gasteiger charge is 2.46. The molecule has 1 heterocycles. The predicted octanol–water partition coefficient (Wildman–Crippen LogP) is 2.65. The Bertz CT molecular complexity index is 288. The standard InChI is InChI=1S/C14H24FNO/c1-4-17-10-14(5-6-14)9-16-7-12(11(2)3)13(15)8-16/h12-13H,2,4-10H2,1,3H3. The molecule has 0 bridgehead atoms. The normalized spacial score (nSPS) is 31.7. The number of ether oxygens (including phenoxy) is 1. The molecule has 0 N–H and O–H groups in total. The molecule has 2 rings (SSSR count). The van der Waals surface area contributed by atoms with Gasteiger partial charge in [-0.1, -0.05) is 12.2 Å². The van der Waals surface area contributed by atoms with Crippen LogP contribution in [0.5, 0.6) is 0 Å². The van der Waals surface area contributed by atoms with Crippen LogP contribution < -0.4 is 0 Å². The second-order valence-electron chi connectivity index (χ2n) is 5.80. The van der Waals surface area contributed by atoms with Crippen molar-refractivity contribution in [2.24, 2.45) is 11.3 Å². The maximum atomic E-state index is 13.8. The Morgan fingerprint density at radius 1 is 1.47 bits per heavy atom. The van der Waals surface area contributed by atoms with Crippen molar-refractivity contribution < 1.29 is 9.13 Å². The molecule has 0 spiro atoms. The van der Waals surface area contributed by atoms with Crippen molar-refractivity contribution in [3.05, 3.63) is 12.2 Å². The summed E-state index contributed by atoms with van der Waals surface area (Å²) in [6.45, 7) is 11.9. The largest absolute Gasteiger partial charge is 0.381 e. The number of alkyl halides is 1. The van der Waals surface area contributed by atoms with E-state index in [9.17, 15) is 4.39 Å². The molecule has 2 unspecified atom stereocenters. The minimum atomic E-state index is -0.726. The lowest BCUT2D eigenvalue weighted by atomic mass is 10.00. The van der Waals surface area contributed by atoms with Crippen LogP contribution in [0.15, 0.2) is 12.2 Å². The van der Waals surface area contributed by atoms with E-state index in [-0.39, 0.29) is 5.92 Å². The summed E-state index contributed by atoms with van der Waals surface area (Å²) < 4.78 is 19.3. The van der Waals surface area contributed by atoms with E-state index in [1.807, 2.05) is 13.8 Å². The first-order chi connectivity index (χ1) is 8.06. The average molecular weight is 241 g/mol. The van der Waals surface area contributed by atoms with Crippen LogP contribution in [0.25, 0.3) is 0 Å². The molecule has 0 aromatic heterocycles. The lowest BCUT2D eigenvalue weighted by Gasteiger charge is -2.23. The van der Waals surface area contributed by atoms with E-state index in [2.05, 4.69) is 11.5 Å². The van der Waals surface area contributed by atoms with Gasteiger partial charge >= 0.3 is 0 Å². The molecule has 0 radical (unpaired) electrons. The van der Waals surface area contributed by atoms with Crippen LogP contribution in [0.2, 0.25) is 0 Å². The van der Waals surface area contributed by atoms with Gasteiger partial charge in [0.05, 0.1) is 6.61 Å². The number of nitrogens with zero attached hydrogens (tertiary/aromatic N) is 1. The molecule has 1 saturated carbocycles. The molecular weight excluding hydrogens is 217 g/mol. The van der Waals surface area contributed by atoms with Gasteiger partial charge in [-0.05, 0) is 26.7 Å². The van der Waals surface area contributed by atoms with E-state index in [1.54, 1.807) is 0 Å². The van der Waals surface area contributed by atoms with E-state index in [0.717, 1.165) is 31.9 Å². The summed E-state index contributed by atoms with van der Waals surface area (Å²) in [5, 5.41) is 0. The summed E-state index contributed by atoms with van der Waals surface area (Å²) in [5.74, 6) is 0.0397. The third-order valence-corrected chi connectivity index (χ3v) is 4.09. The van der Waals surface area contributed by atoms with Gasteiger partial charge in [-0.15, -0.1) is 0 Å². The monoisotopic (exact) mass is 241 g/mol. The van der Waals surface area contributed by atoms with Crippen molar-refractivity contribution in [3.8, 4) is 0 Å². The first kappa shape index (κ1) is 13.0. The quantitative estimate of drug-likeness (QED) is 0.663. The van der Waals surface area contributed by atoms with Crippen LogP contribution in [0.3, 0.4) is 0 Å². The Morgan fingerprint density at radius 3 is 2.65 bits per heavy atom. The van der Waals surface area contributed by atoms with Crippen LogP contribution in [-0.2, 0) is 4.74 Å². The van der Waals surface area contributed by atoms with Gasteiger partial charge in [0, 0.05) is 37.6 Å². The van der Waals surface area contributed by atoms with Gasteiger partial charge in [0.2, 0.25) is 0 Å².